The van der Waals surface area contributed by atoms with Crippen LogP contribution in [0.4, 0.5) is 0 Å². The molecule has 0 bridgehead atoms. The van der Waals surface area contributed by atoms with Crippen molar-refractivity contribution in [1.29, 1.82) is 0 Å². The second-order valence-corrected chi connectivity index (χ2v) is 10.2. The van der Waals surface area contributed by atoms with Gasteiger partial charge in [-0.05, 0) is 64.6 Å². The van der Waals surface area contributed by atoms with E-state index in [0.29, 0.717) is 24.5 Å². The van der Waals surface area contributed by atoms with Gasteiger partial charge in [-0.15, -0.1) is 0 Å². The number of amides is 1. The van der Waals surface area contributed by atoms with Crippen molar-refractivity contribution in [2.45, 2.75) is 38.3 Å². The topological polar surface area (TPSA) is 64.6 Å². The zero-order valence-electron chi connectivity index (χ0n) is 21.8. The Hall–Kier alpha value is -4.09. The summed E-state index contributed by atoms with van der Waals surface area (Å²) in [5, 5.41) is 3.72. The summed E-state index contributed by atoms with van der Waals surface area (Å²) in [6.45, 7) is 2.49. The molecular weight excluding hydrogens is 510 g/mol. The lowest BCUT2D eigenvalue weighted by Gasteiger charge is -2.28. The number of hydrogen-bond acceptors (Lipinski definition) is 4. The maximum absolute atomic E-state index is 13.2. The molecule has 5 nitrogen and oxygen atoms in total. The molecule has 0 radical (unpaired) electrons. The van der Waals surface area contributed by atoms with Crippen LogP contribution >= 0.6 is 11.6 Å². The van der Waals surface area contributed by atoms with Crippen molar-refractivity contribution < 1.29 is 19.1 Å². The Bertz CT molecular complexity index is 1450. The summed E-state index contributed by atoms with van der Waals surface area (Å²) in [5.41, 5.74) is 4.91. The summed E-state index contributed by atoms with van der Waals surface area (Å²) in [7, 11) is 0. The highest BCUT2D eigenvalue weighted by molar-refractivity contribution is 6.30. The van der Waals surface area contributed by atoms with Crippen LogP contribution in [0, 0.1) is 0 Å². The van der Waals surface area contributed by atoms with Gasteiger partial charge in [-0.3, -0.25) is 4.79 Å². The number of carbonyl (C=O) groups is 2. The average molecular weight is 540 g/mol. The molecule has 1 unspecified atom stereocenters. The molecule has 1 aliphatic carbocycles. The van der Waals surface area contributed by atoms with Crippen LogP contribution in [-0.2, 0) is 40.2 Å². The molecule has 1 aliphatic rings. The Morgan fingerprint density at radius 2 is 1.51 bits per heavy atom. The molecule has 0 saturated heterocycles. The van der Waals surface area contributed by atoms with E-state index >= 15 is 0 Å². The Kier molecular flexibility index (Phi) is 7.99. The van der Waals surface area contributed by atoms with E-state index in [0.717, 1.165) is 39.1 Å². The van der Waals surface area contributed by atoms with Crippen molar-refractivity contribution in [2.24, 2.45) is 0 Å². The van der Waals surface area contributed by atoms with E-state index in [4.69, 9.17) is 21.1 Å². The minimum Gasteiger partial charge on any atom is -0.489 e. The summed E-state index contributed by atoms with van der Waals surface area (Å²) in [5.74, 6) is 0.0905. The zero-order chi connectivity index (χ0) is 27.2. The molecule has 0 heterocycles. The molecule has 0 spiro atoms. The third-order valence-electron chi connectivity index (χ3n) is 6.95. The van der Waals surface area contributed by atoms with Crippen molar-refractivity contribution >= 4 is 23.5 Å². The maximum atomic E-state index is 13.2. The highest BCUT2D eigenvalue weighted by atomic mass is 35.5. The first-order valence-electron chi connectivity index (χ1n) is 13.1. The smallest absolute Gasteiger partial charge is 0.332 e. The summed E-state index contributed by atoms with van der Waals surface area (Å²) in [6, 6.07) is 31.2. The number of benzene rings is 4. The minimum absolute atomic E-state index is 0.145. The number of rotatable bonds is 9. The van der Waals surface area contributed by atoms with Crippen molar-refractivity contribution in [3.63, 3.8) is 0 Å². The van der Waals surface area contributed by atoms with Crippen LogP contribution in [-0.4, -0.2) is 24.0 Å². The summed E-state index contributed by atoms with van der Waals surface area (Å²) < 4.78 is 11.3. The largest absolute Gasteiger partial charge is 0.489 e. The van der Waals surface area contributed by atoms with Gasteiger partial charge in [0, 0.05) is 17.9 Å². The lowest BCUT2D eigenvalue weighted by molar-refractivity contribution is -0.153. The normalized spacial score (nSPS) is 15.8. The van der Waals surface area contributed by atoms with E-state index in [1.165, 1.54) is 0 Å². The standard InChI is InChI=1S/C33H30ClNO4/c1-2-38-32(37)33(20-27-11-10-26(19-28(27)21-33)25-12-14-29(34)15-13-25)35-31(36)18-23-8-16-30(17-9-23)39-22-24-6-4-3-5-7-24/h3-17,19H,2,18,20-22H2,1H3,(H,35,36). The van der Waals surface area contributed by atoms with Gasteiger partial charge in [0.25, 0.3) is 0 Å². The molecule has 39 heavy (non-hydrogen) atoms. The van der Waals surface area contributed by atoms with Crippen LogP contribution in [0.1, 0.15) is 29.2 Å². The number of carbonyl (C=O) groups excluding carboxylic acids is 2. The SMILES string of the molecule is CCOC(=O)C1(NC(=O)Cc2ccc(OCc3ccccc3)cc2)Cc2ccc(-c3ccc(Cl)cc3)cc2C1. The molecule has 1 N–H and O–H groups in total. The fraction of sp³-hybridized carbons (Fsp3) is 0.212. The number of esters is 1. The van der Waals surface area contributed by atoms with Crippen molar-refractivity contribution in [1.82, 2.24) is 5.32 Å². The summed E-state index contributed by atoms with van der Waals surface area (Å²) in [4.78, 5) is 26.4. The van der Waals surface area contributed by atoms with E-state index in [1.54, 1.807) is 6.92 Å². The lowest BCUT2D eigenvalue weighted by Crippen LogP contribution is -2.56. The highest BCUT2D eigenvalue weighted by Gasteiger charge is 2.46. The Labute approximate surface area is 233 Å². The van der Waals surface area contributed by atoms with Gasteiger partial charge in [0.15, 0.2) is 0 Å². The van der Waals surface area contributed by atoms with Gasteiger partial charge < -0.3 is 14.8 Å². The van der Waals surface area contributed by atoms with Gasteiger partial charge in [0.1, 0.15) is 17.9 Å². The van der Waals surface area contributed by atoms with Crippen LogP contribution < -0.4 is 10.1 Å². The van der Waals surface area contributed by atoms with Crippen LogP contribution in [0.3, 0.4) is 0 Å². The fourth-order valence-corrected chi connectivity index (χ4v) is 5.12. The van der Waals surface area contributed by atoms with E-state index < -0.39 is 11.5 Å². The predicted octanol–water partition coefficient (Wildman–Crippen LogP) is 6.35. The van der Waals surface area contributed by atoms with E-state index in [2.05, 4.69) is 11.4 Å². The van der Waals surface area contributed by atoms with Crippen LogP contribution in [0.25, 0.3) is 11.1 Å². The first-order valence-corrected chi connectivity index (χ1v) is 13.4. The molecular formula is C33H30ClNO4. The van der Waals surface area contributed by atoms with Gasteiger partial charge in [-0.2, -0.15) is 0 Å². The molecule has 0 aromatic heterocycles. The van der Waals surface area contributed by atoms with Crippen molar-refractivity contribution in [3.05, 3.63) is 124 Å². The zero-order valence-corrected chi connectivity index (χ0v) is 22.5. The summed E-state index contributed by atoms with van der Waals surface area (Å²) >= 11 is 6.05. The second-order valence-electron chi connectivity index (χ2n) is 9.79. The summed E-state index contributed by atoms with van der Waals surface area (Å²) in [6.07, 6.45) is 0.910. The van der Waals surface area contributed by atoms with Gasteiger partial charge in [0.05, 0.1) is 13.0 Å². The first-order chi connectivity index (χ1) is 18.9. The minimum atomic E-state index is -1.13. The molecule has 4 aromatic carbocycles. The molecule has 6 heteroatoms. The molecule has 4 aromatic rings. The predicted molar refractivity (Wildman–Crippen MR) is 153 cm³/mol. The lowest BCUT2D eigenvalue weighted by atomic mass is 9.95. The third-order valence-corrected chi connectivity index (χ3v) is 7.20. The van der Waals surface area contributed by atoms with Gasteiger partial charge >= 0.3 is 5.97 Å². The van der Waals surface area contributed by atoms with Crippen LogP contribution in [0.2, 0.25) is 5.02 Å². The molecule has 0 aliphatic heterocycles. The molecule has 198 valence electrons. The molecule has 5 rings (SSSR count). The van der Waals surface area contributed by atoms with Crippen molar-refractivity contribution in [3.8, 4) is 16.9 Å². The van der Waals surface area contributed by atoms with E-state index in [9.17, 15) is 9.59 Å². The molecule has 0 saturated carbocycles. The van der Waals surface area contributed by atoms with E-state index in [1.807, 2.05) is 91.0 Å². The van der Waals surface area contributed by atoms with E-state index in [-0.39, 0.29) is 18.9 Å². The quantitative estimate of drug-likeness (QED) is 0.252. The Balaban J connectivity index is 1.27. The molecule has 1 amide bonds. The third kappa shape index (κ3) is 6.32. The fourth-order valence-electron chi connectivity index (χ4n) is 4.99. The number of nitrogens with one attached hydrogen (secondary N) is 1. The number of halogens is 1. The number of fused-ring (bicyclic) bond motifs is 1. The monoisotopic (exact) mass is 539 g/mol. The maximum Gasteiger partial charge on any atom is 0.332 e. The molecule has 0 fully saturated rings. The van der Waals surface area contributed by atoms with Crippen LogP contribution in [0.15, 0.2) is 97.1 Å². The first kappa shape index (κ1) is 26.5. The van der Waals surface area contributed by atoms with Gasteiger partial charge in [0.2, 0.25) is 5.91 Å². The van der Waals surface area contributed by atoms with Gasteiger partial charge in [-0.25, -0.2) is 4.79 Å². The van der Waals surface area contributed by atoms with Crippen molar-refractivity contribution in [2.75, 3.05) is 6.61 Å². The number of ether oxygens (including phenoxy) is 2. The average Bonchev–Trinajstić information content (AvgIpc) is 3.32. The Morgan fingerprint density at radius 3 is 2.23 bits per heavy atom. The Morgan fingerprint density at radius 1 is 0.821 bits per heavy atom. The van der Waals surface area contributed by atoms with Crippen LogP contribution in [0.5, 0.6) is 5.75 Å². The molecule has 1 atom stereocenters. The number of hydrogen-bond donors (Lipinski definition) is 1. The highest BCUT2D eigenvalue weighted by Crippen LogP contribution is 2.35. The second kappa shape index (κ2) is 11.7. The van der Waals surface area contributed by atoms with Gasteiger partial charge in [-0.1, -0.05) is 84.4 Å².